The molecule has 6 atom stereocenters. The SMILES string of the molecule is CC12CCC(O)CC1=CNC1C2CCC2(C)C1CCC21CCC1. The smallest absolute Gasteiger partial charge is 0.0578 e. The van der Waals surface area contributed by atoms with Crippen molar-refractivity contribution < 1.29 is 5.11 Å². The monoisotopic (exact) mass is 315 g/mol. The predicted octanol–water partition coefficient (Wildman–Crippen LogP) is 4.39. The Morgan fingerprint density at radius 1 is 1.00 bits per heavy atom. The van der Waals surface area contributed by atoms with Gasteiger partial charge in [-0.25, -0.2) is 0 Å². The molecule has 4 saturated carbocycles. The minimum Gasteiger partial charge on any atom is -0.393 e. The minimum atomic E-state index is -0.105. The van der Waals surface area contributed by atoms with E-state index in [1.165, 1.54) is 56.9 Å². The maximum Gasteiger partial charge on any atom is 0.0578 e. The van der Waals surface area contributed by atoms with E-state index >= 15 is 0 Å². The summed E-state index contributed by atoms with van der Waals surface area (Å²) in [6.45, 7) is 5.16. The van der Waals surface area contributed by atoms with E-state index in [2.05, 4.69) is 25.4 Å². The summed E-state index contributed by atoms with van der Waals surface area (Å²) in [4.78, 5) is 0. The second kappa shape index (κ2) is 4.56. The van der Waals surface area contributed by atoms with E-state index < -0.39 is 0 Å². The zero-order valence-corrected chi connectivity index (χ0v) is 14.9. The zero-order valence-electron chi connectivity index (χ0n) is 14.9. The standard InChI is InChI=1S/C21H33NO/c1-19-9-4-15(23)12-14(19)13-22-18-16(19)5-10-20(2)17(18)6-11-21(20)7-3-8-21/h13,15-18,22-23H,3-12H2,1-2H3. The molecule has 5 rings (SSSR count). The van der Waals surface area contributed by atoms with Crippen LogP contribution < -0.4 is 5.32 Å². The van der Waals surface area contributed by atoms with Crippen LogP contribution in [-0.4, -0.2) is 17.3 Å². The van der Waals surface area contributed by atoms with Gasteiger partial charge in [-0.05, 0) is 97.6 Å². The highest BCUT2D eigenvalue weighted by atomic mass is 16.3. The van der Waals surface area contributed by atoms with Crippen molar-refractivity contribution >= 4 is 0 Å². The first-order valence-corrected chi connectivity index (χ1v) is 10.1. The quantitative estimate of drug-likeness (QED) is 0.695. The van der Waals surface area contributed by atoms with Gasteiger partial charge in [-0.2, -0.15) is 0 Å². The maximum atomic E-state index is 10.1. The molecule has 1 aliphatic heterocycles. The van der Waals surface area contributed by atoms with E-state index in [-0.39, 0.29) is 6.10 Å². The number of aliphatic hydroxyl groups excluding tert-OH is 1. The number of rotatable bonds is 0. The van der Waals surface area contributed by atoms with Crippen molar-refractivity contribution in [2.45, 2.75) is 90.2 Å². The molecule has 0 bridgehead atoms. The van der Waals surface area contributed by atoms with Gasteiger partial charge in [0, 0.05) is 6.04 Å². The summed E-state index contributed by atoms with van der Waals surface area (Å²) in [5.41, 5.74) is 3.16. The van der Waals surface area contributed by atoms with Gasteiger partial charge in [0.1, 0.15) is 0 Å². The van der Waals surface area contributed by atoms with Crippen LogP contribution in [0.4, 0.5) is 0 Å². The number of hydrogen-bond donors (Lipinski definition) is 2. The van der Waals surface area contributed by atoms with Crippen molar-refractivity contribution in [1.82, 2.24) is 5.32 Å². The Morgan fingerprint density at radius 3 is 2.52 bits per heavy atom. The van der Waals surface area contributed by atoms with Gasteiger partial charge in [-0.3, -0.25) is 0 Å². The topological polar surface area (TPSA) is 32.3 Å². The zero-order chi connectivity index (χ0) is 15.9. The molecule has 2 N–H and O–H groups in total. The number of aliphatic hydroxyl groups is 1. The van der Waals surface area contributed by atoms with Crippen molar-refractivity contribution in [1.29, 1.82) is 0 Å². The summed E-state index contributed by atoms with van der Waals surface area (Å²) < 4.78 is 0. The molecule has 1 heterocycles. The fraction of sp³-hybridized carbons (Fsp3) is 0.905. The summed E-state index contributed by atoms with van der Waals surface area (Å²) in [6, 6.07) is 0.692. The summed E-state index contributed by atoms with van der Waals surface area (Å²) in [5.74, 6) is 1.67. The lowest BCUT2D eigenvalue weighted by Gasteiger charge is -2.61. The molecule has 4 fully saturated rings. The molecule has 0 radical (unpaired) electrons. The number of nitrogens with one attached hydrogen (secondary N) is 1. The molecule has 0 amide bonds. The number of hydrogen-bond acceptors (Lipinski definition) is 2. The molecule has 0 aromatic heterocycles. The van der Waals surface area contributed by atoms with Crippen LogP contribution >= 0.6 is 0 Å². The van der Waals surface area contributed by atoms with Crippen LogP contribution in [0.1, 0.15) is 78.1 Å². The molecule has 0 aromatic rings. The van der Waals surface area contributed by atoms with E-state index in [1.54, 1.807) is 0 Å². The van der Waals surface area contributed by atoms with Gasteiger partial charge in [0.05, 0.1) is 6.10 Å². The predicted molar refractivity (Wildman–Crippen MR) is 92.8 cm³/mol. The lowest BCUT2D eigenvalue weighted by Crippen LogP contribution is -2.60. The lowest BCUT2D eigenvalue weighted by molar-refractivity contribution is -0.0881. The van der Waals surface area contributed by atoms with Crippen LogP contribution in [0.3, 0.4) is 0 Å². The van der Waals surface area contributed by atoms with Gasteiger partial charge in [-0.1, -0.05) is 20.3 Å². The largest absolute Gasteiger partial charge is 0.393 e. The first kappa shape index (κ1) is 14.8. The van der Waals surface area contributed by atoms with Crippen LogP contribution in [0.5, 0.6) is 0 Å². The minimum absolute atomic E-state index is 0.105. The Labute approximate surface area is 141 Å². The Balaban J connectivity index is 1.49. The van der Waals surface area contributed by atoms with E-state index in [9.17, 15) is 5.11 Å². The van der Waals surface area contributed by atoms with Crippen molar-refractivity contribution in [2.75, 3.05) is 0 Å². The van der Waals surface area contributed by atoms with Crippen LogP contribution in [-0.2, 0) is 0 Å². The highest BCUT2D eigenvalue weighted by Crippen LogP contribution is 2.71. The average Bonchev–Trinajstić information content (AvgIpc) is 2.81. The first-order chi connectivity index (χ1) is 11.0. The third-order valence-electron chi connectivity index (χ3n) is 9.57. The van der Waals surface area contributed by atoms with Crippen LogP contribution in [0.15, 0.2) is 11.8 Å². The highest BCUT2D eigenvalue weighted by Gasteiger charge is 2.65. The molecule has 2 heteroatoms. The summed E-state index contributed by atoms with van der Waals surface area (Å²) in [7, 11) is 0. The van der Waals surface area contributed by atoms with Crippen molar-refractivity contribution in [3.05, 3.63) is 11.8 Å². The molecule has 4 aliphatic carbocycles. The van der Waals surface area contributed by atoms with Gasteiger partial charge < -0.3 is 10.4 Å². The number of fused-ring (bicyclic) bond motifs is 6. The van der Waals surface area contributed by atoms with Crippen LogP contribution in [0.25, 0.3) is 0 Å². The van der Waals surface area contributed by atoms with Gasteiger partial charge in [-0.15, -0.1) is 0 Å². The van der Waals surface area contributed by atoms with E-state index in [0.29, 0.717) is 22.3 Å². The second-order valence-electron chi connectivity index (χ2n) is 10.0. The second-order valence-corrected chi connectivity index (χ2v) is 10.0. The van der Waals surface area contributed by atoms with Gasteiger partial charge in [0.2, 0.25) is 0 Å². The third kappa shape index (κ3) is 1.69. The van der Waals surface area contributed by atoms with Crippen molar-refractivity contribution in [3.8, 4) is 0 Å². The van der Waals surface area contributed by atoms with Gasteiger partial charge in [0.25, 0.3) is 0 Å². The Morgan fingerprint density at radius 2 is 1.78 bits per heavy atom. The molecule has 1 spiro atoms. The lowest BCUT2D eigenvalue weighted by atomic mass is 9.45. The fourth-order valence-corrected chi connectivity index (χ4v) is 7.80. The highest BCUT2D eigenvalue weighted by molar-refractivity contribution is 5.27. The van der Waals surface area contributed by atoms with Crippen molar-refractivity contribution in [2.24, 2.45) is 28.1 Å². The van der Waals surface area contributed by atoms with Crippen LogP contribution in [0.2, 0.25) is 0 Å². The Hall–Kier alpha value is -0.500. The molecule has 23 heavy (non-hydrogen) atoms. The molecule has 0 aromatic carbocycles. The average molecular weight is 316 g/mol. The van der Waals surface area contributed by atoms with Gasteiger partial charge >= 0.3 is 0 Å². The molecular weight excluding hydrogens is 282 g/mol. The molecule has 6 unspecified atom stereocenters. The normalized spacial score (nSPS) is 53.4. The fourth-order valence-electron chi connectivity index (χ4n) is 7.80. The Bertz CT molecular complexity index is 550. The first-order valence-electron chi connectivity index (χ1n) is 10.1. The van der Waals surface area contributed by atoms with Crippen molar-refractivity contribution in [3.63, 3.8) is 0 Å². The summed E-state index contributed by atoms with van der Waals surface area (Å²) in [6.07, 6.45) is 15.6. The Kier molecular flexibility index (Phi) is 2.94. The van der Waals surface area contributed by atoms with E-state index in [4.69, 9.17) is 0 Å². The summed E-state index contributed by atoms with van der Waals surface area (Å²) in [5, 5.41) is 14.0. The summed E-state index contributed by atoms with van der Waals surface area (Å²) >= 11 is 0. The third-order valence-corrected chi connectivity index (χ3v) is 9.57. The molecular formula is C21H33NO. The molecule has 0 saturated heterocycles. The van der Waals surface area contributed by atoms with E-state index in [1.807, 2.05) is 0 Å². The maximum absolute atomic E-state index is 10.1. The molecule has 128 valence electrons. The van der Waals surface area contributed by atoms with Gasteiger partial charge in [0.15, 0.2) is 0 Å². The van der Waals surface area contributed by atoms with Crippen LogP contribution in [0, 0.1) is 28.1 Å². The molecule has 2 nitrogen and oxygen atoms in total. The van der Waals surface area contributed by atoms with E-state index in [0.717, 1.165) is 24.7 Å². The molecule has 5 aliphatic rings.